The van der Waals surface area contributed by atoms with Gasteiger partial charge in [-0.25, -0.2) is 4.90 Å². The van der Waals surface area contributed by atoms with Crippen molar-refractivity contribution >= 4 is 0 Å². The Morgan fingerprint density at radius 1 is 0.750 bits per heavy atom. The summed E-state index contributed by atoms with van der Waals surface area (Å²) in [4.78, 5) is 2.16. The lowest BCUT2D eigenvalue weighted by atomic mass is 10.2. The van der Waals surface area contributed by atoms with Crippen LogP contribution >= 0.6 is 0 Å². The van der Waals surface area contributed by atoms with Gasteiger partial charge in [0.25, 0.3) is 0 Å². The minimum absolute atomic E-state index is 0.351. The SMILES string of the molecule is COC(OC)N(Cc1ccccc1)Cc1ccccc1. The second-order valence-corrected chi connectivity index (χ2v) is 4.65. The van der Waals surface area contributed by atoms with E-state index < -0.39 is 0 Å². The summed E-state index contributed by atoms with van der Waals surface area (Å²) in [6.07, 6.45) is -0.351. The lowest BCUT2D eigenvalue weighted by Crippen LogP contribution is -2.37. The van der Waals surface area contributed by atoms with Crippen LogP contribution in [0.25, 0.3) is 0 Å². The average molecular weight is 271 g/mol. The summed E-state index contributed by atoms with van der Waals surface area (Å²) < 4.78 is 10.8. The first-order chi connectivity index (χ1) is 9.83. The van der Waals surface area contributed by atoms with E-state index in [4.69, 9.17) is 9.47 Å². The molecule has 0 saturated heterocycles. The molecule has 3 nitrogen and oxygen atoms in total. The van der Waals surface area contributed by atoms with Gasteiger partial charge in [-0.1, -0.05) is 60.7 Å². The van der Waals surface area contributed by atoms with Crippen LogP contribution in [0.4, 0.5) is 0 Å². The van der Waals surface area contributed by atoms with Crippen molar-refractivity contribution in [3.8, 4) is 0 Å². The zero-order valence-corrected chi connectivity index (χ0v) is 12.0. The van der Waals surface area contributed by atoms with E-state index in [0.29, 0.717) is 0 Å². The summed E-state index contributed by atoms with van der Waals surface area (Å²) in [7, 11) is 3.33. The molecule has 0 N–H and O–H groups in total. The molecule has 2 aromatic rings. The Bertz CT molecular complexity index is 441. The fourth-order valence-electron chi connectivity index (χ4n) is 2.24. The van der Waals surface area contributed by atoms with Gasteiger partial charge in [-0.05, 0) is 11.1 Å². The van der Waals surface area contributed by atoms with E-state index in [2.05, 4.69) is 29.2 Å². The van der Waals surface area contributed by atoms with Crippen LogP contribution in [0.5, 0.6) is 0 Å². The molecule has 0 aliphatic heterocycles. The maximum atomic E-state index is 5.41. The maximum Gasteiger partial charge on any atom is 0.218 e. The zero-order chi connectivity index (χ0) is 14.2. The van der Waals surface area contributed by atoms with Crippen molar-refractivity contribution in [2.45, 2.75) is 19.5 Å². The Morgan fingerprint density at radius 2 is 1.15 bits per heavy atom. The molecular weight excluding hydrogens is 250 g/mol. The van der Waals surface area contributed by atoms with Gasteiger partial charge in [0.05, 0.1) is 0 Å². The Kier molecular flexibility index (Phi) is 5.74. The third-order valence-electron chi connectivity index (χ3n) is 3.16. The number of benzene rings is 2. The molecule has 0 aliphatic rings. The fourth-order valence-corrected chi connectivity index (χ4v) is 2.24. The average Bonchev–Trinajstić information content (AvgIpc) is 2.50. The second-order valence-electron chi connectivity index (χ2n) is 4.65. The lowest BCUT2D eigenvalue weighted by Gasteiger charge is -2.29. The van der Waals surface area contributed by atoms with Crippen molar-refractivity contribution in [2.24, 2.45) is 0 Å². The topological polar surface area (TPSA) is 21.7 Å². The molecule has 0 fully saturated rings. The highest BCUT2D eigenvalue weighted by Crippen LogP contribution is 2.14. The molecule has 20 heavy (non-hydrogen) atoms. The number of hydrogen-bond donors (Lipinski definition) is 0. The first-order valence-electron chi connectivity index (χ1n) is 6.71. The standard InChI is InChI=1S/C17H21NO2/c1-19-17(20-2)18(13-15-9-5-3-6-10-15)14-16-11-7-4-8-12-16/h3-12,17H,13-14H2,1-2H3. The predicted molar refractivity (Wildman–Crippen MR) is 79.9 cm³/mol. The van der Waals surface area contributed by atoms with E-state index in [0.717, 1.165) is 13.1 Å². The van der Waals surface area contributed by atoms with Crippen molar-refractivity contribution < 1.29 is 9.47 Å². The highest BCUT2D eigenvalue weighted by atomic mass is 16.7. The monoisotopic (exact) mass is 271 g/mol. The highest BCUT2D eigenvalue weighted by Gasteiger charge is 2.17. The molecular formula is C17H21NO2. The molecule has 0 atom stereocenters. The smallest absolute Gasteiger partial charge is 0.218 e. The summed E-state index contributed by atoms with van der Waals surface area (Å²) >= 11 is 0. The van der Waals surface area contributed by atoms with Crippen molar-refractivity contribution in [3.05, 3.63) is 71.8 Å². The molecule has 106 valence electrons. The van der Waals surface area contributed by atoms with Gasteiger partial charge >= 0.3 is 0 Å². The van der Waals surface area contributed by atoms with Crippen molar-refractivity contribution in [1.82, 2.24) is 4.90 Å². The van der Waals surface area contributed by atoms with Gasteiger partial charge in [0.15, 0.2) is 0 Å². The third-order valence-corrected chi connectivity index (χ3v) is 3.16. The molecule has 0 unspecified atom stereocenters. The first kappa shape index (κ1) is 14.7. The molecule has 0 saturated carbocycles. The minimum Gasteiger partial charge on any atom is -0.343 e. The van der Waals surface area contributed by atoms with Gasteiger partial charge < -0.3 is 9.47 Å². The number of ether oxygens (including phenoxy) is 2. The number of hydrogen-bond acceptors (Lipinski definition) is 3. The van der Waals surface area contributed by atoms with E-state index in [1.165, 1.54) is 11.1 Å². The molecule has 2 rings (SSSR count). The van der Waals surface area contributed by atoms with Crippen LogP contribution < -0.4 is 0 Å². The van der Waals surface area contributed by atoms with Crippen molar-refractivity contribution in [1.29, 1.82) is 0 Å². The second kappa shape index (κ2) is 7.80. The van der Waals surface area contributed by atoms with Gasteiger partial charge in [-0.2, -0.15) is 0 Å². The molecule has 2 aromatic carbocycles. The Balaban J connectivity index is 2.12. The van der Waals surface area contributed by atoms with E-state index in [-0.39, 0.29) is 6.41 Å². The van der Waals surface area contributed by atoms with Crippen LogP contribution in [0.15, 0.2) is 60.7 Å². The molecule has 0 spiro atoms. The van der Waals surface area contributed by atoms with Crippen LogP contribution in [0.2, 0.25) is 0 Å². The quantitative estimate of drug-likeness (QED) is 0.721. The lowest BCUT2D eigenvalue weighted by molar-refractivity contribution is -0.202. The van der Waals surface area contributed by atoms with Gasteiger partial charge in [0, 0.05) is 27.3 Å². The predicted octanol–water partition coefficient (Wildman–Crippen LogP) is 3.27. The summed E-state index contributed by atoms with van der Waals surface area (Å²) in [6, 6.07) is 20.7. The third kappa shape index (κ3) is 4.17. The first-order valence-corrected chi connectivity index (χ1v) is 6.71. The van der Waals surface area contributed by atoms with E-state index in [1.54, 1.807) is 14.2 Å². The van der Waals surface area contributed by atoms with Crippen molar-refractivity contribution in [3.63, 3.8) is 0 Å². The molecule has 0 bridgehead atoms. The Hall–Kier alpha value is -1.68. The van der Waals surface area contributed by atoms with Crippen molar-refractivity contribution in [2.75, 3.05) is 14.2 Å². The summed E-state index contributed by atoms with van der Waals surface area (Å²) in [5.41, 5.74) is 2.48. The van der Waals surface area contributed by atoms with Crippen LogP contribution in [0.1, 0.15) is 11.1 Å². The Morgan fingerprint density at radius 3 is 1.50 bits per heavy atom. The zero-order valence-electron chi connectivity index (χ0n) is 12.0. The van der Waals surface area contributed by atoms with E-state index >= 15 is 0 Å². The van der Waals surface area contributed by atoms with Gasteiger partial charge in [0.2, 0.25) is 6.41 Å². The molecule has 0 amide bonds. The van der Waals surface area contributed by atoms with Gasteiger partial charge in [-0.15, -0.1) is 0 Å². The summed E-state index contributed by atoms with van der Waals surface area (Å²) in [5, 5.41) is 0. The molecule has 3 heteroatoms. The highest BCUT2D eigenvalue weighted by molar-refractivity contribution is 5.17. The summed E-state index contributed by atoms with van der Waals surface area (Å²) in [5.74, 6) is 0. The fraction of sp³-hybridized carbons (Fsp3) is 0.294. The molecule has 0 aliphatic carbocycles. The maximum absolute atomic E-state index is 5.41. The van der Waals surface area contributed by atoms with Gasteiger partial charge in [-0.3, -0.25) is 0 Å². The number of nitrogens with zero attached hydrogens (tertiary/aromatic N) is 1. The normalized spacial score (nSPS) is 11.2. The van der Waals surface area contributed by atoms with Crippen LogP contribution in [-0.2, 0) is 22.6 Å². The van der Waals surface area contributed by atoms with E-state index in [1.807, 2.05) is 36.4 Å². The molecule has 0 radical (unpaired) electrons. The van der Waals surface area contributed by atoms with Crippen LogP contribution in [-0.4, -0.2) is 25.5 Å². The Labute approximate surface area is 120 Å². The summed E-state index contributed by atoms with van der Waals surface area (Å²) in [6.45, 7) is 1.56. The number of methoxy groups -OCH3 is 2. The largest absolute Gasteiger partial charge is 0.343 e. The van der Waals surface area contributed by atoms with Crippen LogP contribution in [0.3, 0.4) is 0 Å². The molecule has 0 heterocycles. The number of rotatable bonds is 7. The van der Waals surface area contributed by atoms with Gasteiger partial charge in [0.1, 0.15) is 0 Å². The molecule has 0 aromatic heterocycles. The van der Waals surface area contributed by atoms with Crippen LogP contribution in [0, 0.1) is 0 Å². The van der Waals surface area contributed by atoms with E-state index in [9.17, 15) is 0 Å². The minimum atomic E-state index is -0.351.